The van der Waals surface area contributed by atoms with Crippen molar-refractivity contribution in [2.75, 3.05) is 11.4 Å². The van der Waals surface area contributed by atoms with Gasteiger partial charge in [-0.25, -0.2) is 10.8 Å². The number of carbonyl (C=O) groups excluding carboxylic acids is 1. The fraction of sp³-hybridized carbons (Fsp3) is 0.333. The van der Waals surface area contributed by atoms with Gasteiger partial charge in [0.25, 0.3) is 5.91 Å². The van der Waals surface area contributed by atoms with E-state index < -0.39 is 0 Å². The zero-order valence-corrected chi connectivity index (χ0v) is 12.7. The summed E-state index contributed by atoms with van der Waals surface area (Å²) in [6, 6.07) is 8.49. The van der Waals surface area contributed by atoms with Crippen molar-refractivity contribution in [3.05, 3.63) is 45.9 Å². The number of hydrogen-bond donors (Lipinski definition) is 2. The van der Waals surface area contributed by atoms with Gasteiger partial charge in [-0.05, 0) is 24.0 Å². The Morgan fingerprint density at radius 3 is 3.14 bits per heavy atom. The third kappa shape index (κ3) is 2.91. The molecule has 1 atom stereocenters. The molecular formula is C15H18N4OS. The van der Waals surface area contributed by atoms with E-state index in [0.717, 1.165) is 25.2 Å². The zero-order valence-electron chi connectivity index (χ0n) is 11.9. The molecule has 2 aromatic rings. The van der Waals surface area contributed by atoms with Gasteiger partial charge in [0.1, 0.15) is 0 Å². The molecule has 2 heterocycles. The lowest BCUT2D eigenvalue weighted by Crippen LogP contribution is -2.34. The number of fused-ring (bicyclic) bond motifs is 1. The van der Waals surface area contributed by atoms with Gasteiger partial charge in [-0.2, -0.15) is 0 Å². The first-order valence-electron chi connectivity index (χ1n) is 6.95. The summed E-state index contributed by atoms with van der Waals surface area (Å²) < 4.78 is 0. The van der Waals surface area contributed by atoms with Crippen molar-refractivity contribution in [3.63, 3.8) is 0 Å². The van der Waals surface area contributed by atoms with Crippen molar-refractivity contribution in [1.29, 1.82) is 0 Å². The maximum Gasteiger partial charge on any atom is 0.294 e. The van der Waals surface area contributed by atoms with E-state index in [0.29, 0.717) is 10.9 Å². The monoisotopic (exact) mass is 302 g/mol. The molecule has 21 heavy (non-hydrogen) atoms. The SMILES string of the molecule is CC1Cc2ccccc2N(Cc2csc(C(=O)NN)n2)C1. The van der Waals surface area contributed by atoms with Crippen molar-refractivity contribution in [2.24, 2.45) is 11.8 Å². The second-order valence-electron chi connectivity index (χ2n) is 5.44. The highest BCUT2D eigenvalue weighted by Gasteiger charge is 2.22. The van der Waals surface area contributed by atoms with Crippen LogP contribution in [0, 0.1) is 5.92 Å². The summed E-state index contributed by atoms with van der Waals surface area (Å²) in [5.41, 5.74) is 5.67. The Bertz CT molecular complexity index is 655. The molecule has 0 saturated carbocycles. The smallest absolute Gasteiger partial charge is 0.294 e. The molecule has 0 spiro atoms. The number of hydrazine groups is 1. The molecule has 1 amide bonds. The van der Waals surface area contributed by atoms with Gasteiger partial charge in [-0.3, -0.25) is 10.2 Å². The molecule has 110 valence electrons. The number of nitrogens with one attached hydrogen (secondary N) is 1. The van der Waals surface area contributed by atoms with E-state index >= 15 is 0 Å². The number of hydrogen-bond acceptors (Lipinski definition) is 5. The number of amides is 1. The normalized spacial score (nSPS) is 17.4. The minimum Gasteiger partial charge on any atom is -0.365 e. The highest BCUT2D eigenvalue weighted by molar-refractivity contribution is 7.11. The molecule has 0 saturated heterocycles. The van der Waals surface area contributed by atoms with Crippen molar-refractivity contribution >= 4 is 22.9 Å². The number of carbonyl (C=O) groups is 1. The van der Waals surface area contributed by atoms with Crippen molar-refractivity contribution in [3.8, 4) is 0 Å². The Balaban J connectivity index is 1.82. The number of rotatable bonds is 3. The number of nitrogens with zero attached hydrogens (tertiary/aromatic N) is 2. The summed E-state index contributed by atoms with van der Waals surface area (Å²) in [5.74, 6) is 5.42. The standard InChI is InChI=1S/C15H18N4OS/c1-10-6-11-4-2-3-5-13(11)19(7-10)8-12-9-21-15(17-12)14(20)18-16/h2-5,9-10H,6-8,16H2,1H3,(H,18,20). The molecular weight excluding hydrogens is 284 g/mol. The van der Waals surface area contributed by atoms with E-state index in [2.05, 4.69) is 46.5 Å². The maximum atomic E-state index is 11.5. The zero-order chi connectivity index (χ0) is 14.8. The fourth-order valence-corrected chi connectivity index (χ4v) is 3.51. The van der Waals surface area contributed by atoms with Gasteiger partial charge in [0, 0.05) is 17.6 Å². The Labute approximate surface area is 127 Å². The maximum absolute atomic E-state index is 11.5. The lowest BCUT2D eigenvalue weighted by atomic mass is 9.94. The molecule has 3 rings (SSSR count). The van der Waals surface area contributed by atoms with E-state index in [1.54, 1.807) is 0 Å². The topological polar surface area (TPSA) is 71.2 Å². The van der Waals surface area contributed by atoms with Gasteiger partial charge >= 0.3 is 0 Å². The van der Waals surface area contributed by atoms with Crippen LogP contribution in [0.15, 0.2) is 29.6 Å². The number of anilines is 1. The van der Waals surface area contributed by atoms with Crippen LogP contribution in [0.4, 0.5) is 5.69 Å². The van der Waals surface area contributed by atoms with Crippen LogP contribution >= 0.6 is 11.3 Å². The summed E-state index contributed by atoms with van der Waals surface area (Å²) in [4.78, 5) is 18.2. The van der Waals surface area contributed by atoms with E-state index in [-0.39, 0.29) is 5.91 Å². The number of nitrogens with two attached hydrogens (primary N) is 1. The van der Waals surface area contributed by atoms with Crippen molar-refractivity contribution < 1.29 is 4.79 Å². The lowest BCUT2D eigenvalue weighted by Gasteiger charge is -2.34. The van der Waals surface area contributed by atoms with Crippen LogP contribution in [0.2, 0.25) is 0 Å². The summed E-state index contributed by atoms with van der Waals surface area (Å²) >= 11 is 1.32. The summed E-state index contributed by atoms with van der Waals surface area (Å²) in [7, 11) is 0. The van der Waals surface area contributed by atoms with Crippen LogP contribution in [-0.2, 0) is 13.0 Å². The molecule has 1 unspecified atom stereocenters. The lowest BCUT2D eigenvalue weighted by molar-refractivity contribution is 0.0953. The molecule has 1 aromatic carbocycles. The first kappa shape index (κ1) is 14.0. The Morgan fingerprint density at radius 2 is 2.33 bits per heavy atom. The quantitative estimate of drug-likeness (QED) is 0.516. The number of benzene rings is 1. The van der Waals surface area contributed by atoms with Crippen LogP contribution in [0.25, 0.3) is 0 Å². The van der Waals surface area contributed by atoms with Crippen LogP contribution in [-0.4, -0.2) is 17.4 Å². The van der Waals surface area contributed by atoms with Crippen LogP contribution in [0.5, 0.6) is 0 Å². The van der Waals surface area contributed by atoms with Crippen LogP contribution in [0.1, 0.15) is 28.0 Å². The second kappa shape index (κ2) is 5.83. The average molecular weight is 302 g/mol. The number of aromatic nitrogens is 1. The molecule has 0 aliphatic carbocycles. The molecule has 6 heteroatoms. The molecule has 3 N–H and O–H groups in total. The first-order valence-corrected chi connectivity index (χ1v) is 7.83. The minimum atomic E-state index is -0.335. The Morgan fingerprint density at radius 1 is 1.52 bits per heavy atom. The molecule has 0 bridgehead atoms. The van der Waals surface area contributed by atoms with Gasteiger partial charge < -0.3 is 4.90 Å². The molecule has 1 aliphatic heterocycles. The third-order valence-electron chi connectivity index (χ3n) is 3.66. The van der Waals surface area contributed by atoms with E-state index in [1.807, 2.05) is 5.38 Å². The Kier molecular flexibility index (Phi) is 3.90. The highest BCUT2D eigenvalue weighted by Crippen LogP contribution is 2.30. The number of para-hydroxylation sites is 1. The van der Waals surface area contributed by atoms with Gasteiger partial charge in [-0.1, -0.05) is 25.1 Å². The predicted octanol–water partition coefficient (Wildman–Crippen LogP) is 1.95. The minimum absolute atomic E-state index is 0.335. The molecule has 1 aliphatic rings. The summed E-state index contributed by atoms with van der Waals surface area (Å²) in [6.07, 6.45) is 1.12. The number of thiazole rings is 1. The van der Waals surface area contributed by atoms with Gasteiger partial charge in [-0.15, -0.1) is 11.3 Å². The third-order valence-corrected chi connectivity index (χ3v) is 4.55. The summed E-state index contributed by atoms with van der Waals surface area (Å²) in [5, 5.41) is 2.33. The van der Waals surface area contributed by atoms with Crippen molar-refractivity contribution in [2.45, 2.75) is 19.9 Å². The molecule has 0 fully saturated rings. The van der Waals surface area contributed by atoms with Crippen molar-refractivity contribution in [1.82, 2.24) is 10.4 Å². The first-order chi connectivity index (χ1) is 10.2. The van der Waals surface area contributed by atoms with E-state index in [1.165, 1.54) is 22.6 Å². The van der Waals surface area contributed by atoms with Gasteiger partial charge in [0.2, 0.25) is 0 Å². The van der Waals surface area contributed by atoms with Gasteiger partial charge in [0.15, 0.2) is 5.01 Å². The number of nitrogen functional groups attached to an aromatic ring is 1. The molecule has 0 radical (unpaired) electrons. The van der Waals surface area contributed by atoms with Gasteiger partial charge in [0.05, 0.1) is 12.2 Å². The average Bonchev–Trinajstić information content (AvgIpc) is 2.95. The van der Waals surface area contributed by atoms with E-state index in [4.69, 9.17) is 5.84 Å². The summed E-state index contributed by atoms with van der Waals surface area (Å²) in [6.45, 7) is 3.99. The van der Waals surface area contributed by atoms with Crippen LogP contribution in [0.3, 0.4) is 0 Å². The highest BCUT2D eigenvalue weighted by atomic mass is 32.1. The molecule has 1 aromatic heterocycles. The largest absolute Gasteiger partial charge is 0.365 e. The van der Waals surface area contributed by atoms with Crippen LogP contribution < -0.4 is 16.2 Å². The second-order valence-corrected chi connectivity index (χ2v) is 6.29. The van der Waals surface area contributed by atoms with E-state index in [9.17, 15) is 4.79 Å². The Hall–Kier alpha value is -1.92. The fourth-order valence-electron chi connectivity index (χ4n) is 2.80. The predicted molar refractivity (Wildman–Crippen MR) is 84.1 cm³/mol. The molecule has 5 nitrogen and oxygen atoms in total.